The van der Waals surface area contributed by atoms with Gasteiger partial charge in [0.2, 0.25) is 17.5 Å². The molecule has 1 aromatic carbocycles. The van der Waals surface area contributed by atoms with E-state index in [2.05, 4.69) is 20.8 Å². The first-order valence-corrected chi connectivity index (χ1v) is 9.40. The monoisotopic (exact) mass is 414 g/mol. The van der Waals surface area contributed by atoms with E-state index in [0.29, 0.717) is 25.9 Å². The highest BCUT2D eigenvalue weighted by Gasteiger charge is 2.32. The second-order valence-corrected chi connectivity index (χ2v) is 6.77. The number of anilines is 2. The van der Waals surface area contributed by atoms with Crippen LogP contribution in [0.3, 0.4) is 0 Å². The maximum Gasteiger partial charge on any atom is 0.355 e. The molecule has 0 spiro atoms. The fourth-order valence-corrected chi connectivity index (χ4v) is 3.31. The van der Waals surface area contributed by atoms with Gasteiger partial charge in [-0.05, 0) is 18.4 Å². The zero-order valence-corrected chi connectivity index (χ0v) is 16.4. The molecule has 0 radical (unpaired) electrons. The number of benzene rings is 1. The SMILES string of the molecule is COC(=O)C1CCN(c2ncnc(NNC(=O)Cc3ccccc3)c2[N+](=O)[O-])CC1. The van der Waals surface area contributed by atoms with Gasteiger partial charge in [0, 0.05) is 13.1 Å². The van der Waals surface area contributed by atoms with Gasteiger partial charge in [0.1, 0.15) is 6.33 Å². The maximum absolute atomic E-state index is 12.1. The van der Waals surface area contributed by atoms with E-state index in [1.807, 2.05) is 30.3 Å². The molecule has 2 aromatic rings. The van der Waals surface area contributed by atoms with Crippen molar-refractivity contribution in [2.45, 2.75) is 19.3 Å². The lowest BCUT2D eigenvalue weighted by Gasteiger charge is -2.31. The van der Waals surface area contributed by atoms with Crippen molar-refractivity contribution >= 4 is 29.2 Å². The standard InChI is InChI=1S/C19H22N6O5/c1-30-19(27)14-7-9-24(10-8-14)18-16(25(28)29)17(20-12-21-18)23-22-15(26)11-13-5-3-2-4-6-13/h2-6,12,14H,7-11H2,1H3,(H,22,26)(H,20,21,23). The predicted molar refractivity (Wildman–Crippen MR) is 108 cm³/mol. The third-order valence-electron chi connectivity index (χ3n) is 4.84. The van der Waals surface area contributed by atoms with E-state index in [-0.39, 0.29) is 41.5 Å². The number of hydrogen-bond acceptors (Lipinski definition) is 9. The summed E-state index contributed by atoms with van der Waals surface area (Å²) >= 11 is 0. The molecule has 1 aliphatic heterocycles. The molecule has 0 unspecified atom stereocenters. The number of hydrogen-bond donors (Lipinski definition) is 2. The van der Waals surface area contributed by atoms with Gasteiger partial charge in [0.05, 0.1) is 24.4 Å². The van der Waals surface area contributed by atoms with Crippen molar-refractivity contribution in [3.8, 4) is 0 Å². The number of methoxy groups -OCH3 is 1. The quantitative estimate of drug-likeness (QED) is 0.391. The third-order valence-corrected chi connectivity index (χ3v) is 4.84. The van der Waals surface area contributed by atoms with E-state index in [1.165, 1.54) is 13.4 Å². The Morgan fingerprint density at radius 2 is 1.93 bits per heavy atom. The minimum atomic E-state index is -0.590. The summed E-state index contributed by atoms with van der Waals surface area (Å²) in [4.78, 5) is 44.7. The molecular formula is C19H22N6O5. The van der Waals surface area contributed by atoms with E-state index >= 15 is 0 Å². The van der Waals surface area contributed by atoms with Gasteiger partial charge < -0.3 is 9.64 Å². The largest absolute Gasteiger partial charge is 0.469 e. The lowest BCUT2D eigenvalue weighted by molar-refractivity contribution is -0.383. The van der Waals surface area contributed by atoms with Crippen molar-refractivity contribution in [1.29, 1.82) is 0 Å². The predicted octanol–water partition coefficient (Wildman–Crippen LogP) is 1.46. The van der Waals surface area contributed by atoms with Gasteiger partial charge >= 0.3 is 11.7 Å². The van der Waals surface area contributed by atoms with Crippen LogP contribution in [-0.2, 0) is 20.7 Å². The van der Waals surface area contributed by atoms with Crippen LogP contribution in [0.5, 0.6) is 0 Å². The van der Waals surface area contributed by atoms with Crippen LogP contribution in [0.1, 0.15) is 18.4 Å². The van der Waals surface area contributed by atoms with Gasteiger partial charge in [0.25, 0.3) is 0 Å². The Morgan fingerprint density at radius 1 is 1.23 bits per heavy atom. The van der Waals surface area contributed by atoms with Crippen LogP contribution in [0.15, 0.2) is 36.7 Å². The van der Waals surface area contributed by atoms with Crippen LogP contribution >= 0.6 is 0 Å². The molecular weight excluding hydrogens is 392 g/mol. The first kappa shape index (κ1) is 21.0. The molecule has 3 rings (SSSR count). The van der Waals surface area contributed by atoms with Crippen LogP contribution in [0, 0.1) is 16.0 Å². The van der Waals surface area contributed by atoms with Gasteiger partial charge in [0.15, 0.2) is 0 Å². The normalized spacial score (nSPS) is 14.1. The van der Waals surface area contributed by atoms with Gasteiger partial charge in [-0.25, -0.2) is 9.97 Å². The summed E-state index contributed by atoms with van der Waals surface area (Å²) in [7, 11) is 1.34. The number of nitro groups is 1. The van der Waals surface area contributed by atoms with Crippen molar-refractivity contribution < 1.29 is 19.2 Å². The Balaban J connectivity index is 1.70. The molecule has 11 nitrogen and oxygen atoms in total. The van der Waals surface area contributed by atoms with E-state index < -0.39 is 4.92 Å². The number of esters is 1. The van der Waals surface area contributed by atoms with Gasteiger partial charge in [-0.15, -0.1) is 0 Å². The molecule has 1 aromatic heterocycles. The number of rotatable bonds is 7. The summed E-state index contributed by atoms with van der Waals surface area (Å²) < 4.78 is 4.77. The average molecular weight is 414 g/mol. The first-order chi connectivity index (χ1) is 14.5. The zero-order valence-electron chi connectivity index (χ0n) is 16.4. The molecule has 1 amide bonds. The summed E-state index contributed by atoms with van der Waals surface area (Å²) in [5.74, 6) is -0.855. The topological polar surface area (TPSA) is 140 Å². The summed E-state index contributed by atoms with van der Waals surface area (Å²) in [6, 6.07) is 9.10. The summed E-state index contributed by atoms with van der Waals surface area (Å²) in [5, 5.41) is 11.7. The van der Waals surface area contributed by atoms with Gasteiger partial charge in [-0.1, -0.05) is 30.3 Å². The van der Waals surface area contributed by atoms with Crippen LogP contribution in [0.25, 0.3) is 0 Å². The minimum Gasteiger partial charge on any atom is -0.469 e. The fraction of sp³-hybridized carbons (Fsp3) is 0.368. The highest BCUT2D eigenvalue weighted by molar-refractivity contribution is 5.81. The number of hydrazine groups is 1. The number of carbonyl (C=O) groups excluding carboxylic acids is 2. The molecule has 2 N–H and O–H groups in total. The van der Waals surface area contributed by atoms with E-state index in [4.69, 9.17) is 4.74 Å². The minimum absolute atomic E-state index is 0.110. The summed E-state index contributed by atoms with van der Waals surface area (Å²) in [5.41, 5.74) is 5.45. The number of ether oxygens (including phenoxy) is 1. The van der Waals surface area contributed by atoms with Crippen molar-refractivity contribution in [2.24, 2.45) is 5.92 Å². The van der Waals surface area contributed by atoms with E-state index in [0.717, 1.165) is 5.56 Å². The van der Waals surface area contributed by atoms with Crippen LogP contribution in [-0.4, -0.2) is 47.0 Å². The Labute approximate surface area is 172 Å². The second kappa shape index (κ2) is 9.63. The van der Waals surface area contributed by atoms with Crippen LogP contribution < -0.4 is 15.8 Å². The lowest BCUT2D eigenvalue weighted by atomic mass is 9.97. The Morgan fingerprint density at radius 3 is 2.57 bits per heavy atom. The fourth-order valence-electron chi connectivity index (χ4n) is 3.31. The molecule has 0 bridgehead atoms. The van der Waals surface area contributed by atoms with Gasteiger partial charge in [-0.2, -0.15) is 0 Å². The molecule has 1 saturated heterocycles. The molecule has 0 saturated carbocycles. The second-order valence-electron chi connectivity index (χ2n) is 6.77. The van der Waals surface area contributed by atoms with Crippen molar-refractivity contribution in [3.05, 3.63) is 52.3 Å². The number of nitrogens with zero attached hydrogens (tertiary/aromatic N) is 4. The highest BCUT2D eigenvalue weighted by atomic mass is 16.6. The summed E-state index contributed by atoms with van der Waals surface area (Å²) in [6.45, 7) is 0.828. The summed E-state index contributed by atoms with van der Waals surface area (Å²) in [6.07, 6.45) is 2.32. The number of nitrogens with one attached hydrogen (secondary N) is 2. The average Bonchev–Trinajstić information content (AvgIpc) is 2.77. The molecule has 158 valence electrons. The molecule has 30 heavy (non-hydrogen) atoms. The Bertz CT molecular complexity index is 915. The smallest absolute Gasteiger partial charge is 0.355 e. The maximum atomic E-state index is 12.1. The molecule has 1 aliphatic rings. The highest BCUT2D eigenvalue weighted by Crippen LogP contribution is 2.33. The molecule has 11 heteroatoms. The number of amides is 1. The molecule has 1 fully saturated rings. The number of carbonyl (C=O) groups is 2. The third kappa shape index (κ3) is 4.99. The van der Waals surface area contributed by atoms with Gasteiger partial charge in [-0.3, -0.25) is 30.6 Å². The lowest BCUT2D eigenvalue weighted by Crippen LogP contribution is -2.38. The first-order valence-electron chi connectivity index (χ1n) is 9.40. The zero-order chi connectivity index (χ0) is 21.5. The molecule has 0 atom stereocenters. The molecule has 2 heterocycles. The number of piperidine rings is 1. The van der Waals surface area contributed by atoms with Crippen molar-refractivity contribution in [2.75, 3.05) is 30.5 Å². The van der Waals surface area contributed by atoms with E-state index in [9.17, 15) is 19.7 Å². The Hall–Kier alpha value is -3.76. The molecule has 0 aliphatic carbocycles. The van der Waals surface area contributed by atoms with Crippen LogP contribution in [0.4, 0.5) is 17.3 Å². The van der Waals surface area contributed by atoms with E-state index in [1.54, 1.807) is 4.90 Å². The van der Waals surface area contributed by atoms with Crippen molar-refractivity contribution in [1.82, 2.24) is 15.4 Å². The van der Waals surface area contributed by atoms with Crippen molar-refractivity contribution in [3.63, 3.8) is 0 Å². The van der Waals surface area contributed by atoms with Crippen LogP contribution in [0.2, 0.25) is 0 Å². The Kier molecular flexibility index (Phi) is 6.73. The number of aromatic nitrogens is 2.